The summed E-state index contributed by atoms with van der Waals surface area (Å²) >= 11 is 12.7. The zero-order valence-corrected chi connectivity index (χ0v) is 24.5. The Morgan fingerprint density at radius 3 is 2.31 bits per heavy atom. The first kappa shape index (κ1) is 32.1. The first-order valence-electron chi connectivity index (χ1n) is 12.2. The molecule has 0 fully saturated rings. The molecule has 0 heterocycles. The number of sulfonamides is 1. The van der Waals surface area contributed by atoms with Crippen molar-refractivity contribution in [1.82, 2.24) is 10.2 Å². The van der Waals surface area contributed by atoms with Gasteiger partial charge in [-0.3, -0.25) is 24.0 Å². The molecule has 0 radical (unpaired) electrons. The normalized spacial score (nSPS) is 11.9. The topological polar surface area (TPSA) is 139 Å². The number of nitro benzene ring substituents is 1. The summed E-state index contributed by atoms with van der Waals surface area (Å²) in [6.07, 6.45) is 2.66. The van der Waals surface area contributed by atoms with E-state index in [-0.39, 0.29) is 34.4 Å². The molecule has 0 saturated heterocycles. The summed E-state index contributed by atoms with van der Waals surface area (Å²) in [5.41, 5.74) is -0.208. The highest BCUT2D eigenvalue weighted by molar-refractivity contribution is 7.92. The second kappa shape index (κ2) is 14.3. The molecule has 2 amide bonds. The van der Waals surface area contributed by atoms with E-state index in [1.165, 1.54) is 18.1 Å². The maximum absolute atomic E-state index is 13.8. The molecule has 14 heteroatoms. The number of carbonyl (C=O) groups excluding carboxylic acids is 2. The third kappa shape index (κ3) is 8.45. The zero-order valence-electron chi connectivity index (χ0n) is 22.1. The lowest BCUT2D eigenvalue weighted by Crippen LogP contribution is -2.52. The van der Waals surface area contributed by atoms with Gasteiger partial charge in [-0.15, -0.1) is 0 Å². The van der Waals surface area contributed by atoms with Crippen LogP contribution in [0.15, 0.2) is 36.4 Å². The molecule has 0 bridgehead atoms. The Hall–Kier alpha value is -3.09. The van der Waals surface area contributed by atoms with Crippen LogP contribution in [0.2, 0.25) is 10.0 Å². The molecule has 0 aliphatic carbocycles. The van der Waals surface area contributed by atoms with Crippen LogP contribution in [-0.4, -0.2) is 62.6 Å². The van der Waals surface area contributed by atoms with Gasteiger partial charge in [-0.2, -0.15) is 0 Å². The van der Waals surface area contributed by atoms with Crippen molar-refractivity contribution in [3.8, 4) is 5.75 Å². The maximum Gasteiger partial charge on any atom is 0.271 e. The van der Waals surface area contributed by atoms with E-state index in [0.29, 0.717) is 16.4 Å². The van der Waals surface area contributed by atoms with Crippen LogP contribution in [0.25, 0.3) is 0 Å². The largest absolute Gasteiger partial charge is 0.495 e. The molecule has 1 unspecified atom stereocenters. The number of amides is 2. The lowest BCUT2D eigenvalue weighted by atomic mass is 10.1. The summed E-state index contributed by atoms with van der Waals surface area (Å²) in [5, 5.41) is 14.7. The fraction of sp³-hybridized carbons (Fsp3) is 0.440. The van der Waals surface area contributed by atoms with Crippen molar-refractivity contribution >= 4 is 56.4 Å². The van der Waals surface area contributed by atoms with Crippen molar-refractivity contribution in [1.29, 1.82) is 0 Å². The second-order valence-corrected chi connectivity index (χ2v) is 11.4. The highest BCUT2D eigenvalue weighted by atomic mass is 35.5. The van der Waals surface area contributed by atoms with E-state index in [1.807, 2.05) is 6.92 Å². The van der Waals surface area contributed by atoms with Crippen LogP contribution in [0.1, 0.15) is 38.7 Å². The van der Waals surface area contributed by atoms with Crippen molar-refractivity contribution in [3.63, 3.8) is 0 Å². The number of nitro groups is 1. The smallest absolute Gasteiger partial charge is 0.271 e. The monoisotopic (exact) mass is 602 g/mol. The van der Waals surface area contributed by atoms with E-state index >= 15 is 0 Å². The van der Waals surface area contributed by atoms with Gasteiger partial charge in [-0.25, -0.2) is 8.42 Å². The van der Waals surface area contributed by atoms with Gasteiger partial charge in [0.1, 0.15) is 24.0 Å². The fourth-order valence-electron chi connectivity index (χ4n) is 3.86. The standard InChI is InChI=1S/C25H32Cl2N4O7S/c1-5-7-13-28-25(33)21(6-2)29(15-18-19(26)9-8-10-20(18)27)24(32)16-30(39(4,36)37)22-14-17(31(34)35)11-12-23(22)38-3/h8-12,14,21H,5-7,13,15-16H2,1-4H3,(H,28,33). The number of methoxy groups -OCH3 is 1. The summed E-state index contributed by atoms with van der Waals surface area (Å²) in [6.45, 7) is 3.15. The molecule has 214 valence electrons. The van der Waals surface area contributed by atoms with Crippen molar-refractivity contribution in [2.75, 3.05) is 30.8 Å². The Kier molecular flexibility index (Phi) is 11.8. The van der Waals surface area contributed by atoms with Gasteiger partial charge in [0.05, 0.1) is 18.3 Å². The van der Waals surface area contributed by atoms with Gasteiger partial charge in [0.25, 0.3) is 5.69 Å². The van der Waals surface area contributed by atoms with Crippen LogP contribution in [0.4, 0.5) is 11.4 Å². The molecule has 0 aliphatic heterocycles. The minimum Gasteiger partial charge on any atom is -0.495 e. The van der Waals surface area contributed by atoms with Gasteiger partial charge in [-0.05, 0) is 31.0 Å². The molecule has 2 aromatic carbocycles. The number of nitrogens with zero attached hydrogens (tertiary/aromatic N) is 3. The molecule has 11 nitrogen and oxygen atoms in total. The molecule has 2 aromatic rings. The number of benzene rings is 2. The Labute approximate surface area is 238 Å². The fourth-order valence-corrected chi connectivity index (χ4v) is 5.22. The van der Waals surface area contributed by atoms with Crippen LogP contribution in [0.3, 0.4) is 0 Å². The van der Waals surface area contributed by atoms with Crippen molar-refractivity contribution < 1.29 is 27.7 Å². The first-order chi connectivity index (χ1) is 18.3. The Balaban J connectivity index is 2.58. The Morgan fingerprint density at radius 1 is 1.15 bits per heavy atom. The van der Waals surface area contributed by atoms with Crippen LogP contribution in [-0.2, 0) is 26.2 Å². The average molecular weight is 604 g/mol. The number of nitrogens with one attached hydrogen (secondary N) is 1. The SMILES string of the molecule is CCCCNC(=O)C(CC)N(Cc1c(Cl)cccc1Cl)C(=O)CN(c1cc([N+](=O)[O-])ccc1OC)S(C)(=O)=O. The van der Waals surface area contributed by atoms with Gasteiger partial charge in [-0.1, -0.05) is 49.5 Å². The number of rotatable bonds is 14. The van der Waals surface area contributed by atoms with Crippen LogP contribution in [0, 0.1) is 10.1 Å². The van der Waals surface area contributed by atoms with Crippen LogP contribution in [0.5, 0.6) is 5.75 Å². The molecule has 0 saturated carbocycles. The zero-order chi connectivity index (χ0) is 29.3. The van der Waals surface area contributed by atoms with Gasteiger partial charge >= 0.3 is 0 Å². The number of anilines is 1. The molecule has 0 aromatic heterocycles. The second-order valence-electron chi connectivity index (χ2n) is 8.67. The van der Waals surface area contributed by atoms with E-state index in [9.17, 15) is 28.1 Å². The highest BCUT2D eigenvalue weighted by Gasteiger charge is 2.33. The number of carbonyl (C=O) groups is 2. The van der Waals surface area contributed by atoms with E-state index in [1.54, 1.807) is 25.1 Å². The number of ether oxygens (including phenoxy) is 1. The summed E-state index contributed by atoms with van der Waals surface area (Å²) in [4.78, 5) is 38.9. The molecule has 39 heavy (non-hydrogen) atoms. The maximum atomic E-state index is 13.8. The van der Waals surface area contributed by atoms with Crippen molar-refractivity contribution in [2.45, 2.75) is 45.7 Å². The van der Waals surface area contributed by atoms with E-state index in [4.69, 9.17) is 27.9 Å². The highest BCUT2D eigenvalue weighted by Crippen LogP contribution is 2.34. The number of hydrogen-bond donors (Lipinski definition) is 1. The summed E-state index contributed by atoms with van der Waals surface area (Å²) in [6, 6.07) is 7.24. The number of hydrogen-bond acceptors (Lipinski definition) is 7. The third-order valence-electron chi connectivity index (χ3n) is 5.93. The molecular weight excluding hydrogens is 571 g/mol. The van der Waals surface area contributed by atoms with Crippen molar-refractivity contribution in [3.05, 3.63) is 62.1 Å². The third-order valence-corrected chi connectivity index (χ3v) is 7.76. The van der Waals surface area contributed by atoms with Gasteiger partial charge in [0.15, 0.2) is 0 Å². The number of unbranched alkanes of at least 4 members (excludes halogenated alkanes) is 1. The quantitative estimate of drug-likeness (QED) is 0.192. The lowest BCUT2D eigenvalue weighted by molar-refractivity contribution is -0.384. The van der Waals surface area contributed by atoms with E-state index < -0.39 is 45.0 Å². The lowest BCUT2D eigenvalue weighted by Gasteiger charge is -2.33. The summed E-state index contributed by atoms with van der Waals surface area (Å²) in [7, 11) is -2.88. The molecule has 1 atom stereocenters. The Bertz CT molecular complexity index is 1290. The van der Waals surface area contributed by atoms with Gasteiger partial charge < -0.3 is 15.0 Å². The minimum absolute atomic E-state index is 0.00359. The molecule has 0 aliphatic rings. The molecule has 1 N–H and O–H groups in total. The predicted molar refractivity (Wildman–Crippen MR) is 151 cm³/mol. The predicted octanol–water partition coefficient (Wildman–Crippen LogP) is 4.40. The van der Waals surface area contributed by atoms with Crippen molar-refractivity contribution in [2.24, 2.45) is 0 Å². The van der Waals surface area contributed by atoms with E-state index in [0.717, 1.165) is 31.2 Å². The molecule has 0 spiro atoms. The van der Waals surface area contributed by atoms with Gasteiger partial charge in [0.2, 0.25) is 21.8 Å². The minimum atomic E-state index is -4.15. The molecular formula is C25H32Cl2N4O7S. The number of halogens is 2. The number of non-ortho nitro benzene ring substituents is 1. The molecule has 2 rings (SSSR count). The van der Waals surface area contributed by atoms with Crippen LogP contribution >= 0.6 is 23.2 Å². The average Bonchev–Trinajstić information content (AvgIpc) is 2.87. The first-order valence-corrected chi connectivity index (χ1v) is 14.8. The summed E-state index contributed by atoms with van der Waals surface area (Å²) in [5.74, 6) is -1.16. The van der Waals surface area contributed by atoms with E-state index in [2.05, 4.69) is 5.32 Å². The summed E-state index contributed by atoms with van der Waals surface area (Å²) < 4.78 is 31.7. The van der Waals surface area contributed by atoms with Gasteiger partial charge in [0, 0.05) is 40.8 Å². The Morgan fingerprint density at radius 2 is 1.79 bits per heavy atom. The van der Waals surface area contributed by atoms with Crippen LogP contribution < -0.4 is 14.4 Å².